The average molecular weight is 254 g/mol. The van der Waals surface area contributed by atoms with Crippen LogP contribution in [-0.2, 0) is 0 Å². The molecular weight excluding hydrogens is 234 g/mol. The predicted molar refractivity (Wildman–Crippen MR) is 72.6 cm³/mol. The van der Waals surface area contributed by atoms with Crippen LogP contribution in [0.4, 0.5) is 5.69 Å². The molecule has 0 aliphatic heterocycles. The second-order valence-electron chi connectivity index (χ2n) is 4.70. The fourth-order valence-electron chi connectivity index (χ4n) is 2.41. The number of hydrogen-bond donors (Lipinski definition) is 1. The van der Waals surface area contributed by atoms with Crippen molar-refractivity contribution in [1.29, 1.82) is 0 Å². The maximum absolute atomic E-state index is 6.03. The standard InChI is InChI=1S/C13H20ClN3/c1-17(11-4-2-3-5-11)9-8-16-13-6-7-15-10-12(13)14/h6-7,10-11H,2-5,8-9H2,1H3,(H,15,16). The number of nitrogens with one attached hydrogen (secondary N) is 1. The summed E-state index contributed by atoms with van der Waals surface area (Å²) in [5.74, 6) is 0. The lowest BCUT2D eigenvalue weighted by atomic mass is 10.2. The molecule has 0 bridgehead atoms. The molecule has 3 nitrogen and oxygen atoms in total. The quantitative estimate of drug-likeness (QED) is 0.874. The fourth-order valence-corrected chi connectivity index (χ4v) is 2.60. The molecule has 4 heteroatoms. The van der Waals surface area contributed by atoms with E-state index < -0.39 is 0 Å². The SMILES string of the molecule is CN(CCNc1ccncc1Cl)C1CCCC1. The fraction of sp³-hybridized carbons (Fsp3) is 0.615. The molecule has 1 fully saturated rings. The maximum Gasteiger partial charge on any atom is 0.0820 e. The van der Waals surface area contributed by atoms with Crippen LogP contribution in [0, 0.1) is 0 Å². The maximum atomic E-state index is 6.03. The van der Waals surface area contributed by atoms with Gasteiger partial charge in [0.2, 0.25) is 0 Å². The smallest absolute Gasteiger partial charge is 0.0820 e. The molecule has 0 saturated heterocycles. The Morgan fingerprint density at radius 3 is 2.94 bits per heavy atom. The lowest BCUT2D eigenvalue weighted by molar-refractivity contribution is 0.254. The van der Waals surface area contributed by atoms with Crippen molar-refractivity contribution in [2.75, 3.05) is 25.5 Å². The monoisotopic (exact) mass is 253 g/mol. The van der Waals surface area contributed by atoms with E-state index in [4.69, 9.17) is 11.6 Å². The largest absolute Gasteiger partial charge is 0.382 e. The second kappa shape index (κ2) is 6.22. The van der Waals surface area contributed by atoms with Gasteiger partial charge in [-0.2, -0.15) is 0 Å². The van der Waals surface area contributed by atoms with E-state index in [0.29, 0.717) is 5.02 Å². The van der Waals surface area contributed by atoms with Crippen LogP contribution in [0.2, 0.25) is 5.02 Å². The number of rotatable bonds is 5. The molecule has 1 saturated carbocycles. The zero-order chi connectivity index (χ0) is 12.1. The zero-order valence-electron chi connectivity index (χ0n) is 10.3. The van der Waals surface area contributed by atoms with Gasteiger partial charge in [-0.05, 0) is 26.0 Å². The summed E-state index contributed by atoms with van der Waals surface area (Å²) in [6.45, 7) is 1.99. The lowest BCUT2D eigenvalue weighted by Crippen LogP contribution is -2.33. The molecule has 1 heterocycles. The van der Waals surface area contributed by atoms with Gasteiger partial charge in [0, 0.05) is 31.5 Å². The van der Waals surface area contributed by atoms with E-state index in [-0.39, 0.29) is 0 Å². The third-order valence-corrected chi connectivity index (χ3v) is 3.80. The third-order valence-electron chi connectivity index (χ3n) is 3.50. The minimum atomic E-state index is 0.691. The topological polar surface area (TPSA) is 28.2 Å². The van der Waals surface area contributed by atoms with Crippen LogP contribution in [0.25, 0.3) is 0 Å². The molecule has 2 rings (SSSR count). The normalized spacial score (nSPS) is 16.6. The molecule has 1 aromatic rings. The molecule has 0 aromatic carbocycles. The summed E-state index contributed by atoms with van der Waals surface area (Å²) in [6, 6.07) is 2.70. The summed E-state index contributed by atoms with van der Waals surface area (Å²) in [6.07, 6.45) is 8.91. The van der Waals surface area contributed by atoms with Gasteiger partial charge in [0.05, 0.1) is 10.7 Å². The van der Waals surface area contributed by atoms with Crippen LogP contribution < -0.4 is 5.32 Å². The van der Waals surface area contributed by atoms with Gasteiger partial charge < -0.3 is 10.2 Å². The molecule has 94 valence electrons. The highest BCUT2D eigenvalue weighted by molar-refractivity contribution is 6.33. The minimum Gasteiger partial charge on any atom is -0.382 e. The van der Waals surface area contributed by atoms with E-state index in [1.165, 1.54) is 25.7 Å². The average Bonchev–Trinajstić information content (AvgIpc) is 2.85. The molecule has 0 atom stereocenters. The van der Waals surface area contributed by atoms with Crippen molar-refractivity contribution in [3.8, 4) is 0 Å². The number of likely N-dealkylation sites (N-methyl/N-ethyl adjacent to an activating group) is 1. The number of pyridine rings is 1. The molecule has 17 heavy (non-hydrogen) atoms. The molecule has 0 unspecified atom stereocenters. The Bertz CT molecular complexity index is 350. The number of halogens is 1. The van der Waals surface area contributed by atoms with Gasteiger partial charge in [-0.1, -0.05) is 24.4 Å². The van der Waals surface area contributed by atoms with Crippen LogP contribution >= 0.6 is 11.6 Å². The van der Waals surface area contributed by atoms with Gasteiger partial charge >= 0.3 is 0 Å². The van der Waals surface area contributed by atoms with Crippen LogP contribution in [0.15, 0.2) is 18.5 Å². The van der Waals surface area contributed by atoms with Crippen molar-refractivity contribution < 1.29 is 0 Å². The summed E-state index contributed by atoms with van der Waals surface area (Å²) in [5.41, 5.74) is 0.974. The van der Waals surface area contributed by atoms with Crippen molar-refractivity contribution in [2.24, 2.45) is 0 Å². The number of nitrogens with zero attached hydrogens (tertiary/aromatic N) is 2. The molecule has 0 amide bonds. The van der Waals surface area contributed by atoms with Gasteiger partial charge in [-0.25, -0.2) is 0 Å². The van der Waals surface area contributed by atoms with Gasteiger partial charge in [0.15, 0.2) is 0 Å². The first-order valence-corrected chi connectivity index (χ1v) is 6.69. The highest BCUT2D eigenvalue weighted by atomic mass is 35.5. The van der Waals surface area contributed by atoms with E-state index in [9.17, 15) is 0 Å². The van der Waals surface area contributed by atoms with Gasteiger partial charge in [0.1, 0.15) is 0 Å². The first kappa shape index (κ1) is 12.7. The van der Waals surface area contributed by atoms with Gasteiger partial charge in [0.25, 0.3) is 0 Å². The molecule has 1 N–H and O–H groups in total. The Morgan fingerprint density at radius 1 is 1.47 bits per heavy atom. The highest BCUT2D eigenvalue weighted by Crippen LogP contribution is 2.22. The third kappa shape index (κ3) is 3.58. The van der Waals surface area contributed by atoms with Crippen LogP contribution in [0.1, 0.15) is 25.7 Å². The van der Waals surface area contributed by atoms with E-state index in [1.807, 2.05) is 6.07 Å². The number of hydrogen-bond acceptors (Lipinski definition) is 3. The first-order chi connectivity index (χ1) is 8.27. The van der Waals surface area contributed by atoms with Crippen molar-refractivity contribution in [2.45, 2.75) is 31.7 Å². The van der Waals surface area contributed by atoms with Crippen LogP contribution in [-0.4, -0.2) is 36.1 Å². The summed E-state index contributed by atoms with van der Waals surface area (Å²) >= 11 is 6.03. The van der Waals surface area contributed by atoms with Crippen LogP contribution in [0.5, 0.6) is 0 Å². The number of anilines is 1. The van der Waals surface area contributed by atoms with E-state index in [1.54, 1.807) is 12.4 Å². The summed E-state index contributed by atoms with van der Waals surface area (Å²) in [4.78, 5) is 6.42. The Balaban J connectivity index is 1.74. The molecule has 1 aliphatic rings. The Hall–Kier alpha value is -0.800. The molecule has 0 spiro atoms. The summed E-state index contributed by atoms with van der Waals surface area (Å²) < 4.78 is 0. The molecule has 0 radical (unpaired) electrons. The molecular formula is C13H20ClN3. The van der Waals surface area contributed by atoms with Crippen molar-refractivity contribution in [3.05, 3.63) is 23.5 Å². The summed E-state index contributed by atoms with van der Waals surface area (Å²) in [7, 11) is 2.21. The number of aromatic nitrogens is 1. The second-order valence-corrected chi connectivity index (χ2v) is 5.11. The first-order valence-electron chi connectivity index (χ1n) is 6.31. The van der Waals surface area contributed by atoms with E-state index in [0.717, 1.165) is 24.8 Å². The van der Waals surface area contributed by atoms with E-state index in [2.05, 4.69) is 22.2 Å². The van der Waals surface area contributed by atoms with Crippen molar-refractivity contribution >= 4 is 17.3 Å². The molecule has 1 aliphatic carbocycles. The Labute approximate surface area is 108 Å². The van der Waals surface area contributed by atoms with Crippen molar-refractivity contribution in [3.63, 3.8) is 0 Å². The lowest BCUT2D eigenvalue weighted by Gasteiger charge is -2.24. The zero-order valence-corrected chi connectivity index (χ0v) is 11.1. The predicted octanol–water partition coefficient (Wildman–Crippen LogP) is 3.02. The molecule has 1 aromatic heterocycles. The Kier molecular flexibility index (Phi) is 4.63. The minimum absolute atomic E-state index is 0.691. The van der Waals surface area contributed by atoms with Gasteiger partial charge in [-0.3, -0.25) is 4.98 Å². The summed E-state index contributed by atoms with van der Waals surface area (Å²) in [5, 5.41) is 4.04. The van der Waals surface area contributed by atoms with Crippen molar-refractivity contribution in [1.82, 2.24) is 9.88 Å². The van der Waals surface area contributed by atoms with Gasteiger partial charge in [-0.15, -0.1) is 0 Å². The Morgan fingerprint density at radius 2 is 2.24 bits per heavy atom. The van der Waals surface area contributed by atoms with E-state index >= 15 is 0 Å². The van der Waals surface area contributed by atoms with Crippen LogP contribution in [0.3, 0.4) is 0 Å². The highest BCUT2D eigenvalue weighted by Gasteiger charge is 2.18.